The van der Waals surface area contributed by atoms with Gasteiger partial charge in [-0.15, -0.1) is 10.2 Å². The Labute approximate surface area is 207 Å². The fourth-order valence-electron chi connectivity index (χ4n) is 4.15. The zero-order valence-electron chi connectivity index (χ0n) is 19.6. The Bertz CT molecular complexity index is 1450. The normalized spacial score (nSPS) is 11.2. The van der Waals surface area contributed by atoms with Crippen LogP contribution in [0.25, 0.3) is 22.4 Å². The molecule has 0 aliphatic rings. The van der Waals surface area contributed by atoms with Gasteiger partial charge in [0.15, 0.2) is 11.0 Å². The number of hydrogen-bond acceptors (Lipinski definition) is 5. The molecular formula is C27H27N5O2S. The van der Waals surface area contributed by atoms with Gasteiger partial charge in [0.25, 0.3) is 0 Å². The van der Waals surface area contributed by atoms with Gasteiger partial charge >= 0.3 is 5.69 Å². The number of nitrogens with one attached hydrogen (secondary N) is 1. The van der Waals surface area contributed by atoms with Gasteiger partial charge in [-0.3, -0.25) is 4.57 Å². The van der Waals surface area contributed by atoms with E-state index >= 15 is 0 Å². The van der Waals surface area contributed by atoms with E-state index in [1.807, 2.05) is 54.6 Å². The van der Waals surface area contributed by atoms with E-state index in [1.165, 1.54) is 5.56 Å². The number of imidazole rings is 1. The molecule has 7 nitrogen and oxygen atoms in total. The summed E-state index contributed by atoms with van der Waals surface area (Å²) in [6, 6.07) is 26.1. The predicted octanol–water partition coefficient (Wildman–Crippen LogP) is 5.02. The van der Waals surface area contributed by atoms with Crippen LogP contribution in [0.5, 0.6) is 5.75 Å². The molecular weight excluding hydrogens is 458 g/mol. The molecule has 0 bridgehead atoms. The molecule has 5 rings (SSSR count). The second-order valence-electron chi connectivity index (χ2n) is 8.22. The predicted molar refractivity (Wildman–Crippen MR) is 140 cm³/mol. The summed E-state index contributed by atoms with van der Waals surface area (Å²) in [5.74, 6) is 2.49. The number of hydrogen-bond donors (Lipinski definition) is 1. The van der Waals surface area contributed by atoms with Crippen molar-refractivity contribution in [3.8, 4) is 17.1 Å². The van der Waals surface area contributed by atoms with Gasteiger partial charge in [0.2, 0.25) is 0 Å². The molecule has 0 fully saturated rings. The SMILES string of the molecule is COc1ccc(-c2nnc(SCCCn3c(=O)[nH]c4ccccc43)n2CCc2ccccc2)cc1. The van der Waals surface area contributed by atoms with Crippen molar-refractivity contribution in [1.29, 1.82) is 0 Å². The maximum Gasteiger partial charge on any atom is 0.326 e. The lowest BCUT2D eigenvalue weighted by Gasteiger charge is -2.11. The molecule has 0 aliphatic heterocycles. The molecule has 0 saturated heterocycles. The maximum atomic E-state index is 12.3. The first-order chi connectivity index (χ1) is 17.2. The molecule has 0 atom stereocenters. The number of H-pyrrole nitrogens is 1. The number of nitrogens with zero attached hydrogens (tertiary/aromatic N) is 4. The first-order valence-corrected chi connectivity index (χ1v) is 12.6. The van der Waals surface area contributed by atoms with Crippen molar-refractivity contribution in [2.45, 2.75) is 31.1 Å². The van der Waals surface area contributed by atoms with Gasteiger partial charge in [-0.25, -0.2) is 4.79 Å². The number of aryl methyl sites for hydroxylation is 2. The smallest absolute Gasteiger partial charge is 0.326 e. The van der Waals surface area contributed by atoms with Crippen LogP contribution in [0.4, 0.5) is 0 Å². The summed E-state index contributed by atoms with van der Waals surface area (Å²) in [6.45, 7) is 1.43. The summed E-state index contributed by atoms with van der Waals surface area (Å²) in [4.78, 5) is 15.3. The van der Waals surface area contributed by atoms with Crippen LogP contribution in [0.1, 0.15) is 12.0 Å². The summed E-state index contributed by atoms with van der Waals surface area (Å²) in [6.07, 6.45) is 1.73. The van der Waals surface area contributed by atoms with Gasteiger partial charge in [0.1, 0.15) is 5.75 Å². The van der Waals surface area contributed by atoms with Gasteiger partial charge in [0, 0.05) is 24.4 Å². The lowest BCUT2D eigenvalue weighted by atomic mass is 10.1. The van der Waals surface area contributed by atoms with Gasteiger partial charge in [-0.2, -0.15) is 0 Å². The summed E-state index contributed by atoms with van der Waals surface area (Å²) < 4.78 is 9.30. The van der Waals surface area contributed by atoms with Gasteiger partial charge in [0.05, 0.1) is 18.1 Å². The molecule has 2 heterocycles. The summed E-state index contributed by atoms with van der Waals surface area (Å²) in [7, 11) is 1.66. The molecule has 35 heavy (non-hydrogen) atoms. The second-order valence-corrected chi connectivity index (χ2v) is 9.28. The minimum absolute atomic E-state index is 0.0657. The summed E-state index contributed by atoms with van der Waals surface area (Å²) in [5.41, 5.74) is 4.02. The van der Waals surface area contributed by atoms with Crippen molar-refractivity contribution in [3.05, 3.63) is 94.9 Å². The highest BCUT2D eigenvalue weighted by atomic mass is 32.2. The first kappa shape index (κ1) is 23.0. The lowest BCUT2D eigenvalue weighted by molar-refractivity contribution is 0.415. The van der Waals surface area contributed by atoms with E-state index in [2.05, 4.69) is 44.0 Å². The van der Waals surface area contributed by atoms with Crippen molar-refractivity contribution in [2.75, 3.05) is 12.9 Å². The van der Waals surface area contributed by atoms with Crippen LogP contribution >= 0.6 is 11.8 Å². The largest absolute Gasteiger partial charge is 0.497 e. The zero-order valence-corrected chi connectivity index (χ0v) is 20.4. The number of rotatable bonds is 10. The molecule has 1 N–H and O–H groups in total. The average Bonchev–Trinajstić information content (AvgIpc) is 3.45. The number of para-hydroxylation sites is 2. The fourth-order valence-corrected chi connectivity index (χ4v) is 5.04. The molecule has 3 aromatic carbocycles. The fraction of sp³-hybridized carbons (Fsp3) is 0.222. The van der Waals surface area contributed by atoms with Crippen molar-refractivity contribution in [3.63, 3.8) is 0 Å². The van der Waals surface area contributed by atoms with Crippen molar-refractivity contribution in [2.24, 2.45) is 0 Å². The molecule has 2 aromatic heterocycles. The van der Waals surface area contributed by atoms with Crippen LogP contribution in [0.15, 0.2) is 88.8 Å². The average molecular weight is 486 g/mol. The van der Waals surface area contributed by atoms with E-state index in [4.69, 9.17) is 4.74 Å². The minimum Gasteiger partial charge on any atom is -0.497 e. The molecule has 0 aliphatic carbocycles. The van der Waals surface area contributed by atoms with Crippen molar-refractivity contribution < 1.29 is 4.74 Å². The molecule has 0 amide bonds. The van der Waals surface area contributed by atoms with E-state index in [0.29, 0.717) is 6.54 Å². The lowest BCUT2D eigenvalue weighted by Crippen LogP contribution is -2.17. The number of benzene rings is 3. The Morgan fingerprint density at radius 3 is 2.46 bits per heavy atom. The van der Waals surface area contributed by atoms with E-state index < -0.39 is 0 Å². The molecule has 5 aromatic rings. The Kier molecular flexibility index (Phi) is 6.99. The Hall–Kier alpha value is -3.78. The van der Waals surface area contributed by atoms with Crippen molar-refractivity contribution >= 4 is 22.8 Å². The van der Waals surface area contributed by atoms with Crippen LogP contribution in [-0.4, -0.2) is 37.2 Å². The van der Waals surface area contributed by atoms with E-state index in [-0.39, 0.29) is 5.69 Å². The zero-order chi connectivity index (χ0) is 24.0. The standard InChI is InChI=1S/C27H27N5O2S/c1-34-22-14-12-21(13-15-22)25-29-30-27(32(25)18-16-20-8-3-2-4-9-20)35-19-7-17-31-24-11-6-5-10-23(24)28-26(31)33/h2-6,8-15H,7,16-19H2,1H3,(H,28,33). The van der Waals surface area contributed by atoms with Crippen LogP contribution in [0.3, 0.4) is 0 Å². The number of thioether (sulfide) groups is 1. The van der Waals surface area contributed by atoms with Crippen LogP contribution in [-0.2, 0) is 19.5 Å². The Morgan fingerprint density at radius 1 is 0.886 bits per heavy atom. The topological polar surface area (TPSA) is 77.7 Å². The van der Waals surface area contributed by atoms with E-state index in [0.717, 1.165) is 58.5 Å². The molecule has 0 radical (unpaired) electrons. The van der Waals surface area contributed by atoms with Crippen molar-refractivity contribution in [1.82, 2.24) is 24.3 Å². The highest BCUT2D eigenvalue weighted by molar-refractivity contribution is 7.99. The van der Waals surface area contributed by atoms with Gasteiger partial charge < -0.3 is 14.3 Å². The maximum absolute atomic E-state index is 12.3. The van der Waals surface area contributed by atoms with Crippen LogP contribution in [0, 0.1) is 0 Å². The van der Waals surface area contributed by atoms with E-state index in [1.54, 1.807) is 23.4 Å². The quantitative estimate of drug-likeness (QED) is 0.222. The molecule has 0 saturated carbocycles. The summed E-state index contributed by atoms with van der Waals surface area (Å²) in [5, 5.41) is 9.94. The third kappa shape index (κ3) is 5.17. The monoisotopic (exact) mass is 485 g/mol. The number of methoxy groups -OCH3 is 1. The van der Waals surface area contributed by atoms with Crippen LogP contribution < -0.4 is 10.4 Å². The van der Waals surface area contributed by atoms with Gasteiger partial charge in [-0.05, 0) is 54.8 Å². The minimum atomic E-state index is -0.0657. The van der Waals surface area contributed by atoms with Gasteiger partial charge in [-0.1, -0.05) is 54.2 Å². The number of fused-ring (bicyclic) bond motifs is 1. The second kappa shape index (κ2) is 10.7. The Morgan fingerprint density at radius 2 is 1.66 bits per heavy atom. The molecule has 8 heteroatoms. The molecule has 0 unspecified atom stereocenters. The van der Waals surface area contributed by atoms with Crippen LogP contribution in [0.2, 0.25) is 0 Å². The number of aromatic nitrogens is 5. The van der Waals surface area contributed by atoms with E-state index in [9.17, 15) is 4.79 Å². The number of ether oxygens (including phenoxy) is 1. The summed E-state index contributed by atoms with van der Waals surface area (Å²) >= 11 is 1.68. The highest BCUT2D eigenvalue weighted by Crippen LogP contribution is 2.26. The third-order valence-corrected chi connectivity index (χ3v) is 7.02. The first-order valence-electron chi connectivity index (χ1n) is 11.6. The number of aromatic amines is 1. The Balaban J connectivity index is 1.31. The molecule has 0 spiro atoms. The highest BCUT2D eigenvalue weighted by Gasteiger charge is 2.15. The molecule has 178 valence electrons. The third-order valence-electron chi connectivity index (χ3n) is 5.97.